The number of hydrogen-bond acceptors (Lipinski definition) is 5. The number of methoxy groups -OCH3 is 2. The van der Waals surface area contributed by atoms with E-state index in [1.165, 1.54) is 0 Å². The molecule has 0 bridgehead atoms. The minimum Gasteiger partial charge on any atom is -0.493 e. The smallest absolute Gasteiger partial charge is 0.162 e. The van der Waals surface area contributed by atoms with Crippen LogP contribution in [-0.4, -0.2) is 40.2 Å². The average Bonchev–Trinajstić information content (AvgIpc) is 2.38. The lowest BCUT2D eigenvalue weighted by molar-refractivity contribution is 0.355. The summed E-state index contributed by atoms with van der Waals surface area (Å²) in [5.74, 6) is 1.36. The predicted molar refractivity (Wildman–Crippen MR) is 77.0 cm³/mol. The molecule has 1 aromatic carbocycles. The molecule has 19 heavy (non-hydrogen) atoms. The zero-order chi connectivity index (χ0) is 14.5. The Kier molecular flexibility index (Phi) is 5.47. The Balaban J connectivity index is 2.64. The highest BCUT2D eigenvalue weighted by Gasteiger charge is 2.15. The second kappa shape index (κ2) is 6.65. The van der Waals surface area contributed by atoms with Gasteiger partial charge in [0.25, 0.3) is 0 Å². The van der Waals surface area contributed by atoms with E-state index in [0.29, 0.717) is 18.0 Å². The summed E-state index contributed by atoms with van der Waals surface area (Å²) in [4.78, 5) is 0. The van der Waals surface area contributed by atoms with Gasteiger partial charge in [-0.25, -0.2) is 8.42 Å². The normalized spacial score (nSPS) is 11.4. The van der Waals surface area contributed by atoms with Crippen molar-refractivity contribution in [1.29, 1.82) is 0 Å². The Bertz CT molecular complexity index is 511. The summed E-state index contributed by atoms with van der Waals surface area (Å²) in [5.41, 5.74) is 0.802. The number of ether oxygens (including phenoxy) is 2. The minimum atomic E-state index is -3.02. The molecule has 0 aliphatic carbocycles. The van der Waals surface area contributed by atoms with Crippen molar-refractivity contribution in [3.8, 4) is 11.5 Å². The standard InChI is InChI=1S/C13H21NO4S/c1-10(2)19(15,16)8-7-14-11-5-6-12(17-3)13(9-11)18-4/h5-6,9-10,14H,7-8H2,1-4H3. The van der Waals surface area contributed by atoms with Gasteiger partial charge in [-0.15, -0.1) is 0 Å². The highest BCUT2D eigenvalue weighted by atomic mass is 32.2. The van der Waals surface area contributed by atoms with E-state index >= 15 is 0 Å². The SMILES string of the molecule is COc1ccc(NCCS(=O)(=O)C(C)C)cc1OC. The van der Waals surface area contributed by atoms with E-state index in [-0.39, 0.29) is 11.0 Å². The molecule has 1 aromatic rings. The molecule has 0 saturated heterocycles. The van der Waals surface area contributed by atoms with Crippen molar-refractivity contribution in [2.45, 2.75) is 19.1 Å². The highest BCUT2D eigenvalue weighted by molar-refractivity contribution is 7.92. The first kappa shape index (κ1) is 15.6. The molecule has 0 fully saturated rings. The summed E-state index contributed by atoms with van der Waals surface area (Å²) in [5, 5.41) is 2.72. The molecule has 0 saturated carbocycles. The summed E-state index contributed by atoms with van der Waals surface area (Å²) in [6.07, 6.45) is 0. The van der Waals surface area contributed by atoms with Crippen molar-refractivity contribution in [1.82, 2.24) is 0 Å². The van der Waals surface area contributed by atoms with E-state index < -0.39 is 9.84 Å². The van der Waals surface area contributed by atoms with E-state index in [2.05, 4.69) is 5.32 Å². The molecular formula is C13H21NO4S. The third-order valence-corrected chi connectivity index (χ3v) is 5.03. The lowest BCUT2D eigenvalue weighted by Crippen LogP contribution is -2.22. The average molecular weight is 287 g/mol. The van der Waals surface area contributed by atoms with Crippen molar-refractivity contribution in [2.24, 2.45) is 0 Å². The van der Waals surface area contributed by atoms with Crippen molar-refractivity contribution in [3.63, 3.8) is 0 Å². The van der Waals surface area contributed by atoms with E-state index in [1.807, 2.05) is 6.07 Å². The van der Waals surface area contributed by atoms with Crippen LogP contribution in [0.2, 0.25) is 0 Å². The van der Waals surface area contributed by atoms with E-state index in [0.717, 1.165) is 5.69 Å². The number of sulfone groups is 1. The Morgan fingerprint density at radius 3 is 2.32 bits per heavy atom. The van der Waals surface area contributed by atoms with Crippen LogP contribution in [0.15, 0.2) is 18.2 Å². The number of nitrogens with one attached hydrogen (secondary N) is 1. The molecule has 5 nitrogen and oxygen atoms in total. The van der Waals surface area contributed by atoms with Crippen molar-refractivity contribution in [2.75, 3.05) is 31.8 Å². The van der Waals surface area contributed by atoms with Gasteiger partial charge in [-0.05, 0) is 26.0 Å². The van der Waals surface area contributed by atoms with Crippen LogP contribution >= 0.6 is 0 Å². The molecule has 0 radical (unpaired) electrons. The van der Waals surface area contributed by atoms with Gasteiger partial charge in [0.15, 0.2) is 21.3 Å². The Hall–Kier alpha value is -1.43. The number of rotatable bonds is 7. The molecule has 0 spiro atoms. The largest absolute Gasteiger partial charge is 0.493 e. The maximum Gasteiger partial charge on any atom is 0.162 e. The summed E-state index contributed by atoms with van der Waals surface area (Å²) in [6, 6.07) is 5.38. The van der Waals surface area contributed by atoms with Crippen molar-refractivity contribution >= 4 is 15.5 Å². The Morgan fingerprint density at radius 1 is 1.16 bits per heavy atom. The molecule has 0 aliphatic rings. The van der Waals surface area contributed by atoms with Gasteiger partial charge >= 0.3 is 0 Å². The van der Waals surface area contributed by atoms with Gasteiger partial charge in [0.05, 0.1) is 25.2 Å². The van der Waals surface area contributed by atoms with Crippen LogP contribution in [0, 0.1) is 0 Å². The minimum absolute atomic E-state index is 0.110. The van der Waals surface area contributed by atoms with Crippen LogP contribution in [0.4, 0.5) is 5.69 Å². The molecule has 0 amide bonds. The first-order valence-electron chi connectivity index (χ1n) is 6.08. The summed E-state index contributed by atoms with van der Waals surface area (Å²) >= 11 is 0. The van der Waals surface area contributed by atoms with Crippen LogP contribution in [0.3, 0.4) is 0 Å². The second-order valence-corrected chi connectivity index (χ2v) is 7.09. The number of anilines is 1. The molecule has 108 valence electrons. The van der Waals surface area contributed by atoms with Crippen LogP contribution in [-0.2, 0) is 9.84 Å². The van der Waals surface area contributed by atoms with Crippen molar-refractivity contribution in [3.05, 3.63) is 18.2 Å². The van der Waals surface area contributed by atoms with Gasteiger partial charge in [-0.1, -0.05) is 0 Å². The van der Waals surface area contributed by atoms with Gasteiger partial charge in [-0.2, -0.15) is 0 Å². The first-order chi connectivity index (χ1) is 8.90. The molecule has 0 unspecified atom stereocenters. The zero-order valence-corrected chi connectivity index (χ0v) is 12.6. The lowest BCUT2D eigenvalue weighted by Gasteiger charge is -2.12. The Morgan fingerprint density at radius 2 is 1.79 bits per heavy atom. The maximum absolute atomic E-state index is 11.7. The third-order valence-electron chi connectivity index (χ3n) is 2.82. The van der Waals surface area contributed by atoms with Gasteiger partial charge in [-0.3, -0.25) is 0 Å². The van der Waals surface area contributed by atoms with Gasteiger partial charge < -0.3 is 14.8 Å². The highest BCUT2D eigenvalue weighted by Crippen LogP contribution is 2.29. The number of hydrogen-bond donors (Lipinski definition) is 1. The van der Waals surface area contributed by atoms with Crippen LogP contribution in [0.1, 0.15) is 13.8 Å². The van der Waals surface area contributed by atoms with Crippen LogP contribution in [0.5, 0.6) is 11.5 Å². The van der Waals surface area contributed by atoms with Gasteiger partial charge in [0.1, 0.15) is 0 Å². The van der Waals surface area contributed by atoms with Crippen LogP contribution < -0.4 is 14.8 Å². The van der Waals surface area contributed by atoms with Gasteiger partial charge in [0.2, 0.25) is 0 Å². The molecular weight excluding hydrogens is 266 g/mol. The molecule has 1 rings (SSSR count). The predicted octanol–water partition coefficient (Wildman–Crippen LogP) is 1.94. The van der Waals surface area contributed by atoms with E-state index in [4.69, 9.17) is 9.47 Å². The molecule has 0 aliphatic heterocycles. The molecule has 0 heterocycles. The molecule has 0 atom stereocenters. The lowest BCUT2D eigenvalue weighted by atomic mass is 10.2. The fourth-order valence-corrected chi connectivity index (χ4v) is 2.38. The second-order valence-electron chi connectivity index (χ2n) is 4.41. The number of benzene rings is 1. The van der Waals surface area contributed by atoms with Crippen LogP contribution in [0.25, 0.3) is 0 Å². The summed E-state index contributed by atoms with van der Waals surface area (Å²) < 4.78 is 33.6. The zero-order valence-electron chi connectivity index (χ0n) is 11.8. The van der Waals surface area contributed by atoms with E-state index in [9.17, 15) is 8.42 Å². The fraction of sp³-hybridized carbons (Fsp3) is 0.538. The first-order valence-corrected chi connectivity index (χ1v) is 7.79. The fourth-order valence-electron chi connectivity index (χ4n) is 1.52. The quantitative estimate of drug-likeness (QED) is 0.830. The molecule has 6 heteroatoms. The maximum atomic E-state index is 11.7. The topological polar surface area (TPSA) is 64.6 Å². The monoisotopic (exact) mass is 287 g/mol. The molecule has 0 aromatic heterocycles. The summed E-state index contributed by atoms with van der Waals surface area (Å²) in [6.45, 7) is 3.74. The summed E-state index contributed by atoms with van der Waals surface area (Å²) in [7, 11) is 0.115. The Labute approximate surface area is 114 Å². The van der Waals surface area contributed by atoms with Crippen molar-refractivity contribution < 1.29 is 17.9 Å². The van der Waals surface area contributed by atoms with E-state index in [1.54, 1.807) is 40.2 Å². The van der Waals surface area contributed by atoms with Gasteiger partial charge in [0, 0.05) is 18.3 Å². The molecule has 1 N–H and O–H groups in total. The third kappa shape index (κ3) is 4.31.